The topological polar surface area (TPSA) is 64.9 Å². The predicted molar refractivity (Wildman–Crippen MR) is 132 cm³/mol. The van der Waals surface area contributed by atoms with Crippen molar-refractivity contribution >= 4 is 22.8 Å². The van der Waals surface area contributed by atoms with E-state index in [0.717, 1.165) is 63.3 Å². The molecule has 33 heavy (non-hydrogen) atoms. The molecule has 2 aromatic heterocycles. The van der Waals surface area contributed by atoms with Crippen LogP contribution < -0.4 is 15.5 Å². The van der Waals surface area contributed by atoms with Crippen molar-refractivity contribution in [3.8, 4) is 11.1 Å². The van der Waals surface area contributed by atoms with Gasteiger partial charge in [0.15, 0.2) is 0 Å². The molecule has 2 N–H and O–H groups in total. The first-order valence-electron chi connectivity index (χ1n) is 12.3. The number of rotatable bonds is 6. The molecule has 0 radical (unpaired) electrons. The van der Waals surface area contributed by atoms with Gasteiger partial charge in [-0.25, -0.2) is 4.52 Å². The normalized spacial score (nSPS) is 21.0. The highest BCUT2D eigenvalue weighted by molar-refractivity contribution is 5.82. The van der Waals surface area contributed by atoms with Gasteiger partial charge in [0.2, 0.25) is 5.91 Å². The second kappa shape index (κ2) is 8.71. The largest absolute Gasteiger partial charge is 0.383 e. The molecule has 172 valence electrons. The lowest BCUT2D eigenvalue weighted by molar-refractivity contribution is -0.132. The summed E-state index contributed by atoms with van der Waals surface area (Å²) in [6.07, 6.45) is 8.66. The molecule has 0 spiro atoms. The van der Waals surface area contributed by atoms with Crippen molar-refractivity contribution in [3.63, 3.8) is 0 Å². The van der Waals surface area contributed by atoms with Gasteiger partial charge in [0.05, 0.1) is 11.2 Å². The lowest BCUT2D eigenvalue weighted by Crippen LogP contribution is -2.49. The second-order valence-electron chi connectivity index (χ2n) is 9.61. The first-order valence-corrected chi connectivity index (χ1v) is 12.3. The molecule has 1 amide bonds. The number of piperazine rings is 1. The minimum Gasteiger partial charge on any atom is -0.383 e. The van der Waals surface area contributed by atoms with E-state index in [1.165, 1.54) is 29.7 Å². The van der Waals surface area contributed by atoms with Crippen molar-refractivity contribution in [1.29, 1.82) is 0 Å². The Hall–Kier alpha value is -3.06. The molecular weight excluding hydrogens is 412 g/mol. The van der Waals surface area contributed by atoms with Crippen molar-refractivity contribution in [2.45, 2.75) is 31.7 Å². The lowest BCUT2D eigenvalue weighted by Gasteiger charge is -2.36. The number of carbonyl (C=O) groups excluding carboxylic acids is 1. The molecule has 1 unspecified atom stereocenters. The minimum absolute atomic E-state index is 0.304. The van der Waals surface area contributed by atoms with E-state index >= 15 is 0 Å². The van der Waals surface area contributed by atoms with E-state index in [1.807, 2.05) is 10.7 Å². The van der Waals surface area contributed by atoms with Crippen LogP contribution in [0.3, 0.4) is 0 Å². The van der Waals surface area contributed by atoms with Gasteiger partial charge in [0.1, 0.15) is 0 Å². The Morgan fingerprint density at radius 1 is 1.03 bits per heavy atom. The fraction of sp³-hybridized carbons (Fsp3) is 0.462. The van der Waals surface area contributed by atoms with Crippen molar-refractivity contribution in [2.75, 3.05) is 49.5 Å². The maximum atomic E-state index is 12.4. The third-order valence-electron chi connectivity index (χ3n) is 7.28. The first kappa shape index (κ1) is 20.5. The van der Waals surface area contributed by atoms with Gasteiger partial charge in [-0.15, -0.1) is 0 Å². The maximum Gasteiger partial charge on any atom is 0.225 e. The SMILES string of the molecule is O=C(C1CC1)N1CCN(c2ccnn3cc(-c4ccc(NCC5CCCN5)cc4)cc23)CC1. The average molecular weight is 445 g/mol. The number of anilines is 2. The molecule has 0 bridgehead atoms. The summed E-state index contributed by atoms with van der Waals surface area (Å²) < 4.78 is 1.98. The quantitative estimate of drug-likeness (QED) is 0.611. The zero-order valence-corrected chi connectivity index (χ0v) is 19.0. The monoisotopic (exact) mass is 444 g/mol. The van der Waals surface area contributed by atoms with Gasteiger partial charge in [0.25, 0.3) is 0 Å². The fourth-order valence-corrected chi connectivity index (χ4v) is 5.13. The average Bonchev–Trinajstić information content (AvgIpc) is 3.39. The van der Waals surface area contributed by atoms with Gasteiger partial charge in [-0.05, 0) is 62.1 Å². The molecular formula is C26H32N6O. The van der Waals surface area contributed by atoms with Crippen LogP contribution in [0.2, 0.25) is 0 Å². The Labute approximate surface area is 194 Å². The highest BCUT2D eigenvalue weighted by Crippen LogP contribution is 2.32. The second-order valence-corrected chi connectivity index (χ2v) is 9.61. The summed E-state index contributed by atoms with van der Waals surface area (Å²) in [6.45, 7) is 5.47. The summed E-state index contributed by atoms with van der Waals surface area (Å²) in [4.78, 5) is 16.8. The zero-order chi connectivity index (χ0) is 22.2. The number of amides is 1. The summed E-state index contributed by atoms with van der Waals surface area (Å²) in [5.74, 6) is 0.662. The molecule has 1 aromatic carbocycles. The summed E-state index contributed by atoms with van der Waals surface area (Å²) in [7, 11) is 0. The van der Waals surface area contributed by atoms with Crippen LogP contribution in [0.5, 0.6) is 0 Å². The Morgan fingerprint density at radius 3 is 2.58 bits per heavy atom. The summed E-state index contributed by atoms with van der Waals surface area (Å²) in [5.41, 5.74) is 5.83. The number of nitrogens with one attached hydrogen (secondary N) is 2. The van der Waals surface area contributed by atoms with E-state index in [4.69, 9.17) is 0 Å². The number of fused-ring (bicyclic) bond motifs is 1. The molecule has 3 fully saturated rings. The first-order chi connectivity index (χ1) is 16.2. The summed E-state index contributed by atoms with van der Waals surface area (Å²) in [6, 6.07) is 13.6. The number of carbonyl (C=O) groups is 1. The van der Waals surface area contributed by atoms with Crippen molar-refractivity contribution in [1.82, 2.24) is 19.8 Å². The number of hydrogen-bond donors (Lipinski definition) is 2. The number of hydrogen-bond acceptors (Lipinski definition) is 5. The summed E-state index contributed by atoms with van der Waals surface area (Å²) >= 11 is 0. The van der Waals surface area contributed by atoms with Crippen LogP contribution in [0.4, 0.5) is 11.4 Å². The highest BCUT2D eigenvalue weighted by atomic mass is 16.2. The van der Waals surface area contributed by atoms with Crippen molar-refractivity contribution in [3.05, 3.63) is 48.8 Å². The van der Waals surface area contributed by atoms with Gasteiger partial charge in [-0.1, -0.05) is 12.1 Å². The predicted octanol–water partition coefficient (Wildman–Crippen LogP) is 3.22. The third-order valence-corrected chi connectivity index (χ3v) is 7.28. The van der Waals surface area contributed by atoms with E-state index in [2.05, 4.69) is 68.1 Å². The van der Waals surface area contributed by atoms with Gasteiger partial charge < -0.3 is 20.4 Å². The molecule has 6 rings (SSSR count). The van der Waals surface area contributed by atoms with Crippen molar-refractivity contribution < 1.29 is 4.79 Å². The Morgan fingerprint density at radius 2 is 1.85 bits per heavy atom. The van der Waals surface area contributed by atoms with E-state index in [0.29, 0.717) is 17.9 Å². The molecule has 3 aliphatic rings. The molecule has 1 atom stereocenters. The van der Waals surface area contributed by atoms with Gasteiger partial charge >= 0.3 is 0 Å². The van der Waals surface area contributed by atoms with E-state index in [1.54, 1.807) is 0 Å². The van der Waals surface area contributed by atoms with Crippen molar-refractivity contribution in [2.24, 2.45) is 5.92 Å². The van der Waals surface area contributed by atoms with Crippen LogP contribution in [-0.4, -0.2) is 65.7 Å². The van der Waals surface area contributed by atoms with Crippen LogP contribution >= 0.6 is 0 Å². The fourth-order valence-electron chi connectivity index (χ4n) is 5.13. The lowest BCUT2D eigenvalue weighted by atomic mass is 10.1. The molecule has 7 nitrogen and oxygen atoms in total. The molecule has 7 heteroatoms. The van der Waals surface area contributed by atoms with E-state index < -0.39 is 0 Å². The number of nitrogens with zero attached hydrogens (tertiary/aromatic N) is 4. The highest BCUT2D eigenvalue weighted by Gasteiger charge is 2.34. The number of aromatic nitrogens is 2. The molecule has 2 aliphatic heterocycles. The number of benzene rings is 1. The Bertz CT molecular complexity index is 1120. The standard InChI is InChI=1S/C26H32N6O/c33-26(20-3-4-20)31-14-12-30(13-15-31)24-9-11-29-32-18-21(16-25(24)32)19-5-7-22(8-6-19)28-17-23-2-1-10-27-23/h5-9,11,16,18,20,23,27-28H,1-4,10,12-15,17H2. The maximum absolute atomic E-state index is 12.4. The zero-order valence-electron chi connectivity index (χ0n) is 19.0. The molecule has 1 saturated carbocycles. The van der Waals surface area contributed by atoms with E-state index in [-0.39, 0.29) is 0 Å². The molecule has 1 aliphatic carbocycles. The molecule has 3 aromatic rings. The van der Waals surface area contributed by atoms with Crippen LogP contribution in [0.15, 0.2) is 48.8 Å². The van der Waals surface area contributed by atoms with Gasteiger partial charge in [-0.2, -0.15) is 5.10 Å². The Balaban J connectivity index is 1.16. The minimum atomic E-state index is 0.304. The van der Waals surface area contributed by atoms with Crippen LogP contribution in [0, 0.1) is 5.92 Å². The van der Waals surface area contributed by atoms with E-state index in [9.17, 15) is 4.79 Å². The van der Waals surface area contributed by atoms with Crippen LogP contribution in [0.25, 0.3) is 16.6 Å². The van der Waals surface area contributed by atoms with Gasteiger partial charge in [-0.3, -0.25) is 4.79 Å². The van der Waals surface area contributed by atoms with Crippen LogP contribution in [-0.2, 0) is 4.79 Å². The molecule has 4 heterocycles. The summed E-state index contributed by atoms with van der Waals surface area (Å²) in [5, 5.41) is 11.6. The Kier molecular flexibility index (Phi) is 5.42. The molecule has 2 saturated heterocycles. The van der Waals surface area contributed by atoms with Crippen LogP contribution in [0.1, 0.15) is 25.7 Å². The smallest absolute Gasteiger partial charge is 0.225 e. The van der Waals surface area contributed by atoms with Gasteiger partial charge in [0, 0.05) is 68.3 Å². The third kappa shape index (κ3) is 4.29.